The Bertz CT molecular complexity index is 742. The Labute approximate surface area is 197 Å². The summed E-state index contributed by atoms with van der Waals surface area (Å²) in [6.45, 7) is 5.67. The average molecular weight is 527 g/mol. The molecule has 2 aromatic carbocycles. The normalized spacial score (nSPS) is 10.8. The van der Waals surface area contributed by atoms with Crippen LogP contribution in [0.15, 0.2) is 53.5 Å². The Morgan fingerprint density at radius 3 is 2.47 bits per heavy atom. The van der Waals surface area contributed by atoms with E-state index >= 15 is 0 Å². The van der Waals surface area contributed by atoms with Gasteiger partial charge >= 0.3 is 0 Å². The van der Waals surface area contributed by atoms with Crippen LogP contribution in [-0.2, 0) is 17.9 Å². The minimum atomic E-state index is 0. The van der Waals surface area contributed by atoms with Crippen molar-refractivity contribution in [2.45, 2.75) is 32.9 Å². The van der Waals surface area contributed by atoms with Gasteiger partial charge in [-0.25, -0.2) is 4.99 Å². The second-order valence-corrected chi connectivity index (χ2v) is 6.55. The number of halogens is 1. The third kappa shape index (κ3) is 9.67. The molecule has 0 aromatic heterocycles. The number of nitrogens with zero attached hydrogens (tertiary/aromatic N) is 1. The number of hydrogen-bond donors (Lipinski definition) is 2. The lowest BCUT2D eigenvalue weighted by molar-refractivity contribution is 0.117. The molecule has 0 spiro atoms. The number of nitrogens with one attached hydrogen (secondary N) is 2. The summed E-state index contributed by atoms with van der Waals surface area (Å²) >= 11 is 0. The highest BCUT2D eigenvalue weighted by Gasteiger charge is 2.05. The quantitative estimate of drug-likeness (QED) is 0.186. The molecule has 0 amide bonds. The molecule has 30 heavy (non-hydrogen) atoms. The van der Waals surface area contributed by atoms with E-state index in [1.54, 1.807) is 14.2 Å². The lowest BCUT2D eigenvalue weighted by Crippen LogP contribution is -2.37. The summed E-state index contributed by atoms with van der Waals surface area (Å²) in [6, 6.07) is 16.0. The second-order valence-electron chi connectivity index (χ2n) is 6.55. The van der Waals surface area contributed by atoms with Gasteiger partial charge in [0.2, 0.25) is 0 Å². The number of rotatable bonds is 12. The molecule has 0 bridgehead atoms. The summed E-state index contributed by atoms with van der Waals surface area (Å²) in [5.74, 6) is 2.35. The summed E-state index contributed by atoms with van der Waals surface area (Å²) in [6.07, 6.45) is 2.02. The molecule has 0 aliphatic heterocycles. The van der Waals surface area contributed by atoms with E-state index in [-0.39, 0.29) is 24.0 Å². The summed E-state index contributed by atoms with van der Waals surface area (Å²) in [5.41, 5.74) is 2.22. The van der Waals surface area contributed by atoms with Crippen molar-refractivity contribution in [1.29, 1.82) is 0 Å². The van der Waals surface area contributed by atoms with Gasteiger partial charge < -0.3 is 24.8 Å². The van der Waals surface area contributed by atoms with Gasteiger partial charge in [-0.1, -0.05) is 30.3 Å². The van der Waals surface area contributed by atoms with Crippen molar-refractivity contribution < 1.29 is 14.2 Å². The van der Waals surface area contributed by atoms with Crippen LogP contribution in [0.25, 0.3) is 0 Å². The zero-order valence-electron chi connectivity index (χ0n) is 18.1. The van der Waals surface area contributed by atoms with Crippen molar-refractivity contribution in [3.8, 4) is 11.5 Å². The first-order valence-corrected chi connectivity index (χ1v) is 10.1. The highest BCUT2D eigenvalue weighted by atomic mass is 127. The standard InChI is InChI=1S/C23H33N3O3.HI/c1-4-24-23(26-17-20-12-13-21(27-2)16-22(20)28-3)25-14-8-9-15-29-18-19-10-6-5-7-11-19;/h5-7,10-13,16H,4,8-9,14-15,17-18H2,1-3H3,(H2,24,25,26);1H. The van der Waals surface area contributed by atoms with Crippen molar-refractivity contribution in [1.82, 2.24) is 10.6 Å². The van der Waals surface area contributed by atoms with Crippen LogP contribution in [0, 0.1) is 0 Å². The Morgan fingerprint density at radius 2 is 1.77 bits per heavy atom. The van der Waals surface area contributed by atoms with Crippen LogP contribution >= 0.6 is 24.0 Å². The number of ether oxygens (including phenoxy) is 3. The fourth-order valence-electron chi connectivity index (χ4n) is 2.79. The van der Waals surface area contributed by atoms with E-state index in [4.69, 9.17) is 14.2 Å². The van der Waals surface area contributed by atoms with Gasteiger partial charge in [-0.2, -0.15) is 0 Å². The number of unbranched alkanes of at least 4 members (excludes halogenated alkanes) is 1. The fourth-order valence-corrected chi connectivity index (χ4v) is 2.79. The van der Waals surface area contributed by atoms with E-state index in [0.29, 0.717) is 13.2 Å². The summed E-state index contributed by atoms with van der Waals surface area (Å²) in [4.78, 5) is 4.66. The lowest BCUT2D eigenvalue weighted by Gasteiger charge is -2.13. The topological polar surface area (TPSA) is 64.1 Å². The zero-order chi connectivity index (χ0) is 20.7. The first kappa shape index (κ1) is 26.0. The Kier molecular flexibility index (Phi) is 13.7. The van der Waals surface area contributed by atoms with Crippen molar-refractivity contribution in [3.63, 3.8) is 0 Å². The predicted molar refractivity (Wildman–Crippen MR) is 133 cm³/mol. The van der Waals surface area contributed by atoms with Crippen molar-refractivity contribution in [2.75, 3.05) is 33.9 Å². The van der Waals surface area contributed by atoms with Crippen molar-refractivity contribution in [3.05, 3.63) is 59.7 Å². The number of benzene rings is 2. The zero-order valence-corrected chi connectivity index (χ0v) is 20.5. The van der Waals surface area contributed by atoms with Crippen molar-refractivity contribution in [2.24, 2.45) is 4.99 Å². The third-order valence-corrected chi connectivity index (χ3v) is 4.37. The molecule has 0 aliphatic rings. The monoisotopic (exact) mass is 527 g/mol. The molecule has 0 aliphatic carbocycles. The van der Waals surface area contributed by atoms with Crippen LogP contribution < -0.4 is 20.1 Å². The second kappa shape index (κ2) is 15.8. The van der Waals surface area contributed by atoms with Gasteiger partial charge in [-0.3, -0.25) is 0 Å². The summed E-state index contributed by atoms with van der Waals surface area (Å²) in [5, 5.41) is 6.66. The summed E-state index contributed by atoms with van der Waals surface area (Å²) in [7, 11) is 3.30. The minimum Gasteiger partial charge on any atom is -0.497 e. The van der Waals surface area contributed by atoms with Crippen LogP contribution in [0.2, 0.25) is 0 Å². The van der Waals surface area contributed by atoms with E-state index < -0.39 is 0 Å². The number of aliphatic imine (C=N–C) groups is 1. The molecular weight excluding hydrogens is 493 g/mol. The van der Waals surface area contributed by atoms with E-state index in [1.807, 2.05) is 36.4 Å². The molecular formula is C23H34IN3O3. The molecule has 2 rings (SSSR count). The SMILES string of the molecule is CCNC(=NCc1ccc(OC)cc1OC)NCCCCOCc1ccccc1.I. The summed E-state index contributed by atoms with van der Waals surface area (Å²) < 4.78 is 16.4. The van der Waals surface area contributed by atoms with Crippen LogP contribution in [0.4, 0.5) is 0 Å². The minimum absolute atomic E-state index is 0. The molecule has 0 fully saturated rings. The van der Waals surface area contributed by atoms with Gasteiger partial charge in [-0.15, -0.1) is 24.0 Å². The molecule has 2 aromatic rings. The molecule has 0 saturated carbocycles. The predicted octanol–water partition coefficient (Wildman–Crippen LogP) is 4.37. The lowest BCUT2D eigenvalue weighted by atomic mass is 10.2. The average Bonchev–Trinajstić information content (AvgIpc) is 2.77. The van der Waals surface area contributed by atoms with Gasteiger partial charge in [0, 0.05) is 31.3 Å². The largest absolute Gasteiger partial charge is 0.497 e. The van der Waals surface area contributed by atoms with Crippen LogP contribution in [0.3, 0.4) is 0 Å². The van der Waals surface area contributed by atoms with E-state index in [2.05, 4.69) is 34.7 Å². The van der Waals surface area contributed by atoms with Gasteiger partial charge in [0.05, 0.1) is 27.4 Å². The smallest absolute Gasteiger partial charge is 0.191 e. The third-order valence-electron chi connectivity index (χ3n) is 4.37. The molecule has 0 atom stereocenters. The Hall–Kier alpha value is -2.00. The molecule has 0 radical (unpaired) electrons. The maximum atomic E-state index is 5.73. The van der Waals surface area contributed by atoms with Gasteiger partial charge in [0.25, 0.3) is 0 Å². The van der Waals surface area contributed by atoms with Crippen LogP contribution in [0.5, 0.6) is 11.5 Å². The molecule has 0 unspecified atom stereocenters. The van der Waals surface area contributed by atoms with Crippen LogP contribution in [-0.4, -0.2) is 39.9 Å². The van der Waals surface area contributed by atoms with Gasteiger partial charge in [-0.05, 0) is 37.5 Å². The first-order chi connectivity index (χ1) is 14.3. The molecule has 166 valence electrons. The first-order valence-electron chi connectivity index (χ1n) is 10.1. The van der Waals surface area contributed by atoms with Gasteiger partial charge in [0.15, 0.2) is 5.96 Å². The molecule has 6 nitrogen and oxygen atoms in total. The Balaban J connectivity index is 0.00000450. The molecule has 2 N–H and O–H groups in total. The van der Waals surface area contributed by atoms with Crippen molar-refractivity contribution >= 4 is 29.9 Å². The van der Waals surface area contributed by atoms with E-state index in [9.17, 15) is 0 Å². The molecule has 7 heteroatoms. The highest BCUT2D eigenvalue weighted by molar-refractivity contribution is 14.0. The molecule has 0 heterocycles. The fraction of sp³-hybridized carbons (Fsp3) is 0.435. The van der Waals surface area contributed by atoms with E-state index in [0.717, 1.165) is 55.6 Å². The molecule has 0 saturated heterocycles. The van der Waals surface area contributed by atoms with Gasteiger partial charge in [0.1, 0.15) is 11.5 Å². The van der Waals surface area contributed by atoms with Crippen LogP contribution in [0.1, 0.15) is 30.9 Å². The number of guanidine groups is 1. The Morgan fingerprint density at radius 1 is 0.967 bits per heavy atom. The number of methoxy groups -OCH3 is 2. The van der Waals surface area contributed by atoms with E-state index in [1.165, 1.54) is 5.56 Å². The maximum Gasteiger partial charge on any atom is 0.191 e. The number of hydrogen-bond acceptors (Lipinski definition) is 4. The maximum absolute atomic E-state index is 5.73. The highest BCUT2D eigenvalue weighted by Crippen LogP contribution is 2.25.